The van der Waals surface area contributed by atoms with Gasteiger partial charge in [0.05, 0.1) is 6.61 Å². The molecule has 0 fully saturated rings. The van der Waals surface area contributed by atoms with Crippen LogP contribution in [0.4, 0.5) is 5.69 Å². The fourth-order valence-corrected chi connectivity index (χ4v) is 2.65. The molecule has 0 bridgehead atoms. The summed E-state index contributed by atoms with van der Waals surface area (Å²) >= 11 is 0. The number of hydrogen-bond donors (Lipinski definition) is 1. The third-order valence-corrected chi connectivity index (χ3v) is 3.90. The van der Waals surface area contributed by atoms with Crippen LogP contribution in [-0.2, 0) is 18.0 Å². The van der Waals surface area contributed by atoms with Gasteiger partial charge >= 0.3 is 0 Å². The average molecular weight is 347 g/mol. The maximum atomic E-state index is 12.7. The van der Waals surface area contributed by atoms with Gasteiger partial charge in [-0.3, -0.25) is 4.79 Å². The summed E-state index contributed by atoms with van der Waals surface area (Å²) in [7, 11) is 1.65. The van der Waals surface area contributed by atoms with Gasteiger partial charge in [-0.15, -0.1) is 0 Å². The molecule has 0 aliphatic carbocycles. The summed E-state index contributed by atoms with van der Waals surface area (Å²) in [5.41, 5.74) is 3.18. The van der Waals surface area contributed by atoms with Crippen LogP contribution in [-0.4, -0.2) is 13.0 Å². The maximum Gasteiger partial charge on any atom is 0.256 e. The second-order valence-electron chi connectivity index (χ2n) is 5.85. The largest absolute Gasteiger partial charge is 0.489 e. The van der Waals surface area contributed by atoms with Crippen molar-refractivity contribution in [2.75, 3.05) is 12.4 Å². The van der Waals surface area contributed by atoms with Gasteiger partial charge in [-0.2, -0.15) is 0 Å². The molecule has 0 atom stereocenters. The fourth-order valence-electron chi connectivity index (χ4n) is 2.65. The van der Waals surface area contributed by atoms with E-state index < -0.39 is 0 Å². The molecule has 0 unspecified atom stereocenters. The van der Waals surface area contributed by atoms with Crippen molar-refractivity contribution in [2.45, 2.75) is 13.2 Å². The Hall–Kier alpha value is -3.11. The molecule has 4 nitrogen and oxygen atoms in total. The minimum Gasteiger partial charge on any atom is -0.489 e. The molecular weight excluding hydrogens is 326 g/mol. The van der Waals surface area contributed by atoms with Crippen LogP contribution in [0.15, 0.2) is 78.9 Å². The Morgan fingerprint density at radius 3 is 2.46 bits per heavy atom. The zero-order chi connectivity index (χ0) is 18.2. The van der Waals surface area contributed by atoms with Gasteiger partial charge in [0.1, 0.15) is 12.4 Å². The van der Waals surface area contributed by atoms with Crippen LogP contribution in [0, 0.1) is 0 Å². The molecule has 0 heterocycles. The van der Waals surface area contributed by atoms with E-state index in [1.807, 2.05) is 72.8 Å². The first-order valence-electron chi connectivity index (χ1n) is 8.41. The quantitative estimate of drug-likeness (QED) is 0.676. The lowest BCUT2D eigenvalue weighted by Crippen LogP contribution is -2.15. The lowest BCUT2D eigenvalue weighted by atomic mass is 10.1. The summed E-state index contributed by atoms with van der Waals surface area (Å²) in [6.07, 6.45) is 0. The Bertz CT molecular complexity index is 862. The van der Waals surface area contributed by atoms with Crippen LogP contribution in [0.25, 0.3) is 0 Å². The van der Waals surface area contributed by atoms with Crippen LogP contribution in [0.5, 0.6) is 5.75 Å². The predicted molar refractivity (Wildman–Crippen MR) is 102 cm³/mol. The minimum atomic E-state index is -0.160. The summed E-state index contributed by atoms with van der Waals surface area (Å²) in [5, 5.41) is 2.95. The number of benzene rings is 3. The fraction of sp³-hybridized carbons (Fsp3) is 0.136. The molecule has 0 radical (unpaired) electrons. The van der Waals surface area contributed by atoms with E-state index in [1.54, 1.807) is 13.2 Å². The molecule has 1 N–H and O–H groups in total. The van der Waals surface area contributed by atoms with Gasteiger partial charge in [-0.25, -0.2) is 0 Å². The third kappa shape index (κ3) is 4.71. The predicted octanol–water partition coefficient (Wildman–Crippen LogP) is 4.66. The summed E-state index contributed by atoms with van der Waals surface area (Å²) in [5.74, 6) is 0.613. The van der Waals surface area contributed by atoms with Crippen LogP contribution < -0.4 is 10.1 Å². The van der Waals surface area contributed by atoms with Gasteiger partial charge in [-0.1, -0.05) is 48.5 Å². The van der Waals surface area contributed by atoms with Crippen molar-refractivity contribution in [1.82, 2.24) is 0 Å². The Labute approximate surface area is 153 Å². The van der Waals surface area contributed by atoms with E-state index in [9.17, 15) is 4.79 Å². The second-order valence-corrected chi connectivity index (χ2v) is 5.85. The SMILES string of the molecule is COCc1cccc(NC(=O)c2ccccc2COc2ccccc2)c1. The highest BCUT2D eigenvalue weighted by atomic mass is 16.5. The number of hydrogen-bond acceptors (Lipinski definition) is 3. The van der Waals surface area contributed by atoms with E-state index in [2.05, 4.69) is 5.32 Å². The molecule has 132 valence electrons. The van der Waals surface area contributed by atoms with Gasteiger partial charge in [0.15, 0.2) is 0 Å². The smallest absolute Gasteiger partial charge is 0.256 e. The summed E-state index contributed by atoms with van der Waals surface area (Å²) in [6.45, 7) is 0.836. The summed E-state index contributed by atoms with van der Waals surface area (Å²) < 4.78 is 10.9. The second kappa shape index (κ2) is 8.83. The first-order chi connectivity index (χ1) is 12.8. The van der Waals surface area contributed by atoms with E-state index in [4.69, 9.17) is 9.47 Å². The maximum absolute atomic E-state index is 12.7. The van der Waals surface area contributed by atoms with E-state index in [0.717, 1.165) is 22.6 Å². The first kappa shape index (κ1) is 17.7. The van der Waals surface area contributed by atoms with E-state index >= 15 is 0 Å². The van der Waals surface area contributed by atoms with Crippen molar-refractivity contribution in [1.29, 1.82) is 0 Å². The van der Waals surface area contributed by atoms with E-state index in [-0.39, 0.29) is 5.91 Å². The molecule has 3 aromatic carbocycles. The van der Waals surface area contributed by atoms with Gasteiger partial charge in [0, 0.05) is 23.9 Å². The zero-order valence-corrected chi connectivity index (χ0v) is 14.6. The molecule has 1 amide bonds. The number of rotatable bonds is 7. The van der Waals surface area contributed by atoms with Crippen LogP contribution in [0.2, 0.25) is 0 Å². The van der Waals surface area contributed by atoms with Crippen molar-refractivity contribution >= 4 is 11.6 Å². The molecule has 3 aromatic rings. The lowest BCUT2D eigenvalue weighted by molar-refractivity contribution is 0.102. The lowest BCUT2D eigenvalue weighted by Gasteiger charge is -2.12. The number of amides is 1. The van der Waals surface area contributed by atoms with Gasteiger partial charge in [0.2, 0.25) is 0 Å². The Morgan fingerprint density at radius 2 is 1.65 bits per heavy atom. The zero-order valence-electron chi connectivity index (χ0n) is 14.6. The highest BCUT2D eigenvalue weighted by molar-refractivity contribution is 6.05. The number of carbonyl (C=O) groups is 1. The number of carbonyl (C=O) groups excluding carboxylic acids is 1. The average Bonchev–Trinajstić information content (AvgIpc) is 2.68. The van der Waals surface area contributed by atoms with E-state index in [0.29, 0.717) is 18.8 Å². The van der Waals surface area contributed by atoms with Gasteiger partial charge in [0.25, 0.3) is 5.91 Å². The standard InChI is InChI=1S/C22H21NO3/c1-25-15-17-8-7-10-19(14-17)23-22(24)21-13-6-5-9-18(21)16-26-20-11-3-2-4-12-20/h2-14H,15-16H2,1H3,(H,23,24). The number of methoxy groups -OCH3 is 1. The minimum absolute atomic E-state index is 0.160. The van der Waals surface area contributed by atoms with Crippen LogP contribution in [0.1, 0.15) is 21.5 Å². The highest BCUT2D eigenvalue weighted by Crippen LogP contribution is 2.17. The third-order valence-electron chi connectivity index (χ3n) is 3.90. The summed E-state index contributed by atoms with van der Waals surface area (Å²) in [4.78, 5) is 12.7. The Morgan fingerprint density at radius 1 is 0.885 bits per heavy atom. The van der Waals surface area contributed by atoms with Gasteiger partial charge < -0.3 is 14.8 Å². The summed E-state index contributed by atoms with van der Waals surface area (Å²) in [6, 6.07) is 24.6. The molecule has 0 aromatic heterocycles. The van der Waals surface area contributed by atoms with Crippen molar-refractivity contribution in [3.05, 3.63) is 95.6 Å². The Kier molecular flexibility index (Phi) is 6.01. The molecule has 0 saturated carbocycles. The molecule has 0 aliphatic rings. The highest BCUT2D eigenvalue weighted by Gasteiger charge is 2.12. The van der Waals surface area contributed by atoms with Crippen molar-refractivity contribution < 1.29 is 14.3 Å². The molecule has 0 aliphatic heterocycles. The molecule has 0 spiro atoms. The number of ether oxygens (including phenoxy) is 2. The molecular formula is C22H21NO3. The van der Waals surface area contributed by atoms with Crippen LogP contribution >= 0.6 is 0 Å². The van der Waals surface area contributed by atoms with E-state index in [1.165, 1.54) is 0 Å². The molecule has 4 heteroatoms. The van der Waals surface area contributed by atoms with Crippen molar-refractivity contribution in [2.24, 2.45) is 0 Å². The molecule has 3 rings (SSSR count). The first-order valence-corrected chi connectivity index (χ1v) is 8.41. The normalized spacial score (nSPS) is 10.3. The number of para-hydroxylation sites is 1. The van der Waals surface area contributed by atoms with Crippen molar-refractivity contribution in [3.8, 4) is 5.75 Å². The van der Waals surface area contributed by atoms with Crippen LogP contribution in [0.3, 0.4) is 0 Å². The monoisotopic (exact) mass is 347 g/mol. The Balaban J connectivity index is 1.72. The number of nitrogens with one attached hydrogen (secondary N) is 1. The molecule has 0 saturated heterocycles. The van der Waals surface area contributed by atoms with Crippen molar-refractivity contribution in [3.63, 3.8) is 0 Å². The topological polar surface area (TPSA) is 47.6 Å². The number of anilines is 1. The molecule has 26 heavy (non-hydrogen) atoms. The van der Waals surface area contributed by atoms with Gasteiger partial charge in [-0.05, 0) is 35.9 Å².